The second-order valence-electron chi connectivity index (χ2n) is 8.11. The molecular formula is C21H30N2O. The third-order valence-corrected chi connectivity index (χ3v) is 6.26. The SMILES string of the molecule is Cc1ccccc1[C@@H]1C[C@@H]1C(=O)N1CC[C@H](CN2CCCCC2)C1. The van der Waals surface area contributed by atoms with Crippen LogP contribution in [0.15, 0.2) is 24.3 Å². The van der Waals surface area contributed by atoms with E-state index in [1.165, 1.54) is 56.4 Å². The molecule has 3 heteroatoms. The molecule has 3 nitrogen and oxygen atoms in total. The van der Waals surface area contributed by atoms with Crippen LogP contribution in [0.2, 0.25) is 0 Å². The van der Waals surface area contributed by atoms with Gasteiger partial charge in [0.2, 0.25) is 5.91 Å². The summed E-state index contributed by atoms with van der Waals surface area (Å²) >= 11 is 0. The fourth-order valence-corrected chi connectivity index (χ4v) is 4.74. The van der Waals surface area contributed by atoms with Crippen molar-refractivity contribution in [2.75, 3.05) is 32.7 Å². The normalized spacial score (nSPS) is 30.5. The number of benzene rings is 1. The third kappa shape index (κ3) is 3.37. The van der Waals surface area contributed by atoms with Gasteiger partial charge in [0.25, 0.3) is 0 Å². The van der Waals surface area contributed by atoms with Gasteiger partial charge >= 0.3 is 0 Å². The first kappa shape index (κ1) is 16.1. The van der Waals surface area contributed by atoms with Gasteiger partial charge < -0.3 is 9.80 Å². The number of likely N-dealkylation sites (tertiary alicyclic amines) is 2. The quantitative estimate of drug-likeness (QED) is 0.846. The number of carbonyl (C=O) groups is 1. The van der Waals surface area contributed by atoms with E-state index in [4.69, 9.17) is 0 Å². The van der Waals surface area contributed by atoms with Gasteiger partial charge in [0.05, 0.1) is 0 Å². The lowest BCUT2D eigenvalue weighted by atomic mass is 10.0. The highest BCUT2D eigenvalue weighted by molar-refractivity contribution is 5.83. The average molecular weight is 326 g/mol. The molecule has 1 aromatic carbocycles. The molecule has 2 heterocycles. The van der Waals surface area contributed by atoms with Gasteiger partial charge in [-0.25, -0.2) is 0 Å². The summed E-state index contributed by atoms with van der Waals surface area (Å²) < 4.78 is 0. The van der Waals surface area contributed by atoms with Gasteiger partial charge in [-0.2, -0.15) is 0 Å². The van der Waals surface area contributed by atoms with Crippen LogP contribution in [0, 0.1) is 18.8 Å². The van der Waals surface area contributed by atoms with Crippen LogP contribution >= 0.6 is 0 Å². The Kier molecular flexibility index (Phi) is 4.62. The predicted molar refractivity (Wildman–Crippen MR) is 97.0 cm³/mol. The molecule has 130 valence electrons. The molecule has 0 spiro atoms. The highest BCUT2D eigenvalue weighted by atomic mass is 16.2. The summed E-state index contributed by atoms with van der Waals surface area (Å²) in [4.78, 5) is 17.6. The standard InChI is InChI=1S/C21H30N2O/c1-16-7-3-4-8-18(16)19-13-20(19)21(24)23-12-9-17(15-23)14-22-10-5-2-6-11-22/h3-4,7-8,17,19-20H,2,5-6,9-15H2,1H3/t17-,19+,20+/m1/s1. The van der Waals surface area contributed by atoms with Crippen molar-refractivity contribution in [3.8, 4) is 0 Å². The van der Waals surface area contributed by atoms with Gasteiger partial charge in [0.15, 0.2) is 0 Å². The monoisotopic (exact) mass is 326 g/mol. The Hall–Kier alpha value is -1.35. The van der Waals surface area contributed by atoms with E-state index in [1.807, 2.05) is 0 Å². The molecule has 1 aromatic rings. The molecule has 0 radical (unpaired) electrons. The van der Waals surface area contributed by atoms with E-state index in [1.54, 1.807) is 0 Å². The van der Waals surface area contributed by atoms with Gasteiger partial charge in [-0.1, -0.05) is 30.7 Å². The molecule has 3 atom stereocenters. The molecule has 0 bridgehead atoms. The number of hydrogen-bond donors (Lipinski definition) is 0. The number of carbonyl (C=O) groups excluding carboxylic acids is 1. The lowest BCUT2D eigenvalue weighted by Crippen LogP contribution is -2.36. The Morgan fingerprint density at radius 1 is 1.12 bits per heavy atom. The van der Waals surface area contributed by atoms with Crippen molar-refractivity contribution in [2.45, 2.75) is 44.9 Å². The summed E-state index contributed by atoms with van der Waals surface area (Å²) in [7, 11) is 0. The maximum absolute atomic E-state index is 12.9. The molecule has 0 unspecified atom stereocenters. The van der Waals surface area contributed by atoms with Crippen LogP contribution in [0.3, 0.4) is 0 Å². The summed E-state index contributed by atoms with van der Waals surface area (Å²) in [6, 6.07) is 8.56. The molecule has 0 aromatic heterocycles. The summed E-state index contributed by atoms with van der Waals surface area (Å²) in [6.45, 7) is 7.88. The smallest absolute Gasteiger partial charge is 0.226 e. The van der Waals surface area contributed by atoms with Gasteiger partial charge in [-0.3, -0.25) is 4.79 Å². The zero-order valence-corrected chi connectivity index (χ0v) is 14.9. The van der Waals surface area contributed by atoms with Crippen molar-refractivity contribution in [3.05, 3.63) is 35.4 Å². The summed E-state index contributed by atoms with van der Waals surface area (Å²) in [5, 5.41) is 0. The number of nitrogens with zero attached hydrogens (tertiary/aromatic N) is 2. The number of piperidine rings is 1. The summed E-state index contributed by atoms with van der Waals surface area (Å²) in [6.07, 6.45) is 6.36. The molecule has 2 saturated heterocycles. The predicted octanol–water partition coefficient (Wildman–Crippen LogP) is 3.43. The third-order valence-electron chi connectivity index (χ3n) is 6.26. The highest BCUT2D eigenvalue weighted by Crippen LogP contribution is 2.49. The molecule has 0 N–H and O–H groups in total. The van der Waals surface area contributed by atoms with Crippen LogP contribution in [0.25, 0.3) is 0 Å². The van der Waals surface area contributed by atoms with Crippen LogP contribution in [-0.2, 0) is 4.79 Å². The molecule has 1 amide bonds. The second kappa shape index (κ2) is 6.87. The molecule has 3 fully saturated rings. The minimum absolute atomic E-state index is 0.250. The number of amides is 1. The van der Waals surface area contributed by atoms with Crippen LogP contribution in [0.5, 0.6) is 0 Å². The van der Waals surface area contributed by atoms with Gasteiger partial charge in [-0.15, -0.1) is 0 Å². The molecule has 24 heavy (non-hydrogen) atoms. The molecular weight excluding hydrogens is 296 g/mol. The Labute approximate surface area is 146 Å². The van der Waals surface area contributed by atoms with Crippen molar-refractivity contribution in [1.82, 2.24) is 9.80 Å². The van der Waals surface area contributed by atoms with Crippen LogP contribution < -0.4 is 0 Å². The number of aryl methyl sites for hydroxylation is 1. The number of hydrogen-bond acceptors (Lipinski definition) is 2. The Morgan fingerprint density at radius 3 is 2.71 bits per heavy atom. The summed E-state index contributed by atoms with van der Waals surface area (Å²) in [5.41, 5.74) is 2.72. The largest absolute Gasteiger partial charge is 0.342 e. The molecule has 3 aliphatic rings. The van der Waals surface area contributed by atoms with E-state index in [9.17, 15) is 4.79 Å². The van der Waals surface area contributed by atoms with Crippen LogP contribution in [-0.4, -0.2) is 48.4 Å². The minimum atomic E-state index is 0.250. The van der Waals surface area contributed by atoms with Gasteiger partial charge in [-0.05, 0) is 68.7 Å². The van der Waals surface area contributed by atoms with E-state index in [2.05, 4.69) is 41.0 Å². The van der Waals surface area contributed by atoms with Crippen LogP contribution in [0.4, 0.5) is 0 Å². The first-order chi connectivity index (χ1) is 11.7. The Bertz CT molecular complexity index is 593. The van der Waals surface area contributed by atoms with Crippen molar-refractivity contribution >= 4 is 5.91 Å². The van der Waals surface area contributed by atoms with E-state index in [0.29, 0.717) is 17.7 Å². The second-order valence-corrected chi connectivity index (χ2v) is 8.11. The first-order valence-electron chi connectivity index (χ1n) is 9.79. The van der Waals surface area contributed by atoms with E-state index in [0.717, 1.165) is 19.5 Å². The lowest BCUT2D eigenvalue weighted by molar-refractivity contribution is -0.131. The molecule has 1 saturated carbocycles. The summed E-state index contributed by atoms with van der Waals surface area (Å²) in [5.74, 6) is 1.84. The van der Waals surface area contributed by atoms with E-state index in [-0.39, 0.29) is 5.92 Å². The van der Waals surface area contributed by atoms with Gasteiger partial charge in [0.1, 0.15) is 0 Å². The lowest BCUT2D eigenvalue weighted by Gasteiger charge is -2.29. The van der Waals surface area contributed by atoms with Crippen molar-refractivity contribution < 1.29 is 4.79 Å². The maximum atomic E-state index is 12.9. The van der Waals surface area contributed by atoms with Crippen molar-refractivity contribution in [2.24, 2.45) is 11.8 Å². The highest BCUT2D eigenvalue weighted by Gasteiger charge is 2.47. The van der Waals surface area contributed by atoms with Crippen molar-refractivity contribution in [1.29, 1.82) is 0 Å². The zero-order valence-electron chi connectivity index (χ0n) is 14.9. The first-order valence-corrected chi connectivity index (χ1v) is 9.79. The van der Waals surface area contributed by atoms with Crippen LogP contribution in [0.1, 0.15) is 49.1 Å². The van der Waals surface area contributed by atoms with E-state index >= 15 is 0 Å². The molecule has 2 aliphatic heterocycles. The van der Waals surface area contributed by atoms with Crippen molar-refractivity contribution in [3.63, 3.8) is 0 Å². The Morgan fingerprint density at radius 2 is 1.92 bits per heavy atom. The Balaban J connectivity index is 1.30. The zero-order chi connectivity index (χ0) is 16.5. The molecule has 1 aliphatic carbocycles. The van der Waals surface area contributed by atoms with Gasteiger partial charge in [0, 0.05) is 25.6 Å². The minimum Gasteiger partial charge on any atom is -0.342 e. The molecule has 4 rings (SSSR count). The maximum Gasteiger partial charge on any atom is 0.226 e. The fraction of sp³-hybridized carbons (Fsp3) is 0.667. The van der Waals surface area contributed by atoms with E-state index < -0.39 is 0 Å². The average Bonchev–Trinajstić information content (AvgIpc) is 3.26. The number of rotatable bonds is 4. The fourth-order valence-electron chi connectivity index (χ4n) is 4.74. The topological polar surface area (TPSA) is 23.6 Å².